The number of methoxy groups -OCH3 is 1. The number of thioether (sulfide) groups is 1. The van der Waals surface area contributed by atoms with Gasteiger partial charge in [0.05, 0.1) is 7.11 Å². The molecule has 0 radical (unpaired) electrons. The maximum atomic E-state index is 13.0. The number of nitrogens with zero attached hydrogens (tertiary/aromatic N) is 5. The van der Waals surface area contributed by atoms with Crippen molar-refractivity contribution in [2.75, 3.05) is 39.1 Å². The first kappa shape index (κ1) is 29.2. The van der Waals surface area contributed by atoms with E-state index in [0.717, 1.165) is 33.7 Å². The summed E-state index contributed by atoms with van der Waals surface area (Å²) in [6.07, 6.45) is 1.14. The Morgan fingerprint density at radius 1 is 0.905 bits per heavy atom. The highest BCUT2D eigenvalue weighted by molar-refractivity contribution is 7.99. The van der Waals surface area contributed by atoms with E-state index in [1.807, 2.05) is 101 Å². The second-order valence-corrected chi connectivity index (χ2v) is 11.1. The summed E-state index contributed by atoms with van der Waals surface area (Å²) >= 11 is 1.59. The van der Waals surface area contributed by atoms with Crippen molar-refractivity contribution in [1.29, 1.82) is 0 Å². The zero-order chi connectivity index (χ0) is 29.3. The third kappa shape index (κ3) is 7.12. The van der Waals surface area contributed by atoms with Crippen molar-refractivity contribution < 1.29 is 19.1 Å². The zero-order valence-electron chi connectivity index (χ0n) is 23.9. The number of amides is 2. The Hall–Kier alpha value is -4.31. The number of rotatable bonds is 11. The number of aromatic nitrogens is 3. The third-order valence-electron chi connectivity index (χ3n) is 7.15. The molecule has 1 fully saturated rings. The average molecular weight is 586 g/mol. The van der Waals surface area contributed by atoms with Crippen LogP contribution in [-0.4, -0.2) is 81.5 Å². The van der Waals surface area contributed by atoms with Gasteiger partial charge in [-0.25, -0.2) is 0 Å². The van der Waals surface area contributed by atoms with Gasteiger partial charge in [-0.3, -0.25) is 14.2 Å². The van der Waals surface area contributed by atoms with Gasteiger partial charge in [-0.1, -0.05) is 60.3 Å². The molecule has 218 valence electrons. The van der Waals surface area contributed by atoms with Gasteiger partial charge in [0.2, 0.25) is 5.91 Å². The Morgan fingerprint density at radius 2 is 1.64 bits per heavy atom. The number of benzene rings is 3. The quantitative estimate of drug-likeness (QED) is 0.182. The fraction of sp³-hybridized carbons (Fsp3) is 0.312. The molecule has 1 aliphatic rings. The minimum absolute atomic E-state index is 0.00729. The molecular formula is C32H35N5O4S. The summed E-state index contributed by atoms with van der Waals surface area (Å²) in [4.78, 5) is 29.4. The summed E-state index contributed by atoms with van der Waals surface area (Å²) in [5.41, 5.74) is 1.88. The number of carbonyl (C=O) groups excluding carboxylic acids is 2. The van der Waals surface area contributed by atoms with Crippen LogP contribution in [0.2, 0.25) is 0 Å². The van der Waals surface area contributed by atoms with Gasteiger partial charge < -0.3 is 19.3 Å². The lowest BCUT2D eigenvalue weighted by Crippen LogP contribution is -2.56. The molecule has 2 heterocycles. The van der Waals surface area contributed by atoms with Crippen LogP contribution in [0, 0.1) is 0 Å². The maximum absolute atomic E-state index is 13.0. The minimum atomic E-state index is -0.0663. The topological polar surface area (TPSA) is 89.8 Å². The van der Waals surface area contributed by atoms with Gasteiger partial charge in [0, 0.05) is 49.1 Å². The van der Waals surface area contributed by atoms with Crippen LogP contribution in [0.15, 0.2) is 90.1 Å². The highest BCUT2D eigenvalue weighted by Gasteiger charge is 2.29. The summed E-state index contributed by atoms with van der Waals surface area (Å²) in [7, 11) is 1.64. The predicted octanol–water partition coefficient (Wildman–Crippen LogP) is 4.95. The first-order valence-corrected chi connectivity index (χ1v) is 15.0. The molecule has 1 atom stereocenters. The molecule has 1 aromatic heterocycles. The van der Waals surface area contributed by atoms with Crippen LogP contribution in [0.5, 0.6) is 11.5 Å². The number of hydrogen-bond acceptors (Lipinski definition) is 7. The molecule has 0 saturated carbocycles. The molecule has 2 amide bonds. The Balaban J connectivity index is 1.14. The third-order valence-corrected chi connectivity index (χ3v) is 8.16. The molecule has 1 saturated heterocycles. The number of carbonyl (C=O) groups is 2. The van der Waals surface area contributed by atoms with Crippen LogP contribution in [0.3, 0.4) is 0 Å². The molecule has 42 heavy (non-hydrogen) atoms. The van der Waals surface area contributed by atoms with Crippen molar-refractivity contribution >= 4 is 23.6 Å². The highest BCUT2D eigenvalue weighted by atomic mass is 32.2. The Morgan fingerprint density at radius 3 is 2.38 bits per heavy atom. The molecule has 0 spiro atoms. The molecule has 0 aliphatic carbocycles. The van der Waals surface area contributed by atoms with Crippen LogP contribution >= 0.6 is 11.8 Å². The van der Waals surface area contributed by atoms with Gasteiger partial charge in [0.25, 0.3) is 5.91 Å². The van der Waals surface area contributed by atoms with Crippen LogP contribution in [0.25, 0.3) is 17.1 Å². The first-order valence-electron chi connectivity index (χ1n) is 14.1. The smallest absolute Gasteiger partial charge is 0.260 e. The number of para-hydroxylation sites is 2. The van der Waals surface area contributed by atoms with Crippen LogP contribution in [0.1, 0.15) is 19.8 Å². The van der Waals surface area contributed by atoms with E-state index in [1.54, 1.807) is 23.8 Å². The van der Waals surface area contributed by atoms with E-state index < -0.39 is 0 Å². The number of ether oxygens (including phenoxy) is 2. The fourth-order valence-corrected chi connectivity index (χ4v) is 5.86. The lowest BCUT2D eigenvalue weighted by Gasteiger charge is -2.39. The molecule has 9 nitrogen and oxygen atoms in total. The Bertz CT molecular complexity index is 1480. The van der Waals surface area contributed by atoms with E-state index in [4.69, 9.17) is 9.47 Å². The molecule has 0 N–H and O–H groups in total. The van der Waals surface area contributed by atoms with Crippen molar-refractivity contribution in [2.45, 2.75) is 31.0 Å². The fourth-order valence-electron chi connectivity index (χ4n) is 4.97. The zero-order valence-corrected chi connectivity index (χ0v) is 24.7. The summed E-state index contributed by atoms with van der Waals surface area (Å²) in [5, 5.41) is 9.77. The molecule has 5 rings (SSSR count). The van der Waals surface area contributed by atoms with E-state index in [0.29, 0.717) is 38.2 Å². The molecule has 1 aliphatic heterocycles. The Labute approximate surface area is 250 Å². The van der Waals surface area contributed by atoms with Crippen molar-refractivity contribution in [3.63, 3.8) is 0 Å². The van der Waals surface area contributed by atoms with Gasteiger partial charge >= 0.3 is 0 Å². The summed E-state index contributed by atoms with van der Waals surface area (Å²) in [6.45, 7) is 3.53. The first-order chi connectivity index (χ1) is 20.5. The van der Waals surface area contributed by atoms with Crippen molar-refractivity contribution in [2.24, 2.45) is 0 Å². The van der Waals surface area contributed by atoms with E-state index in [2.05, 4.69) is 10.2 Å². The maximum Gasteiger partial charge on any atom is 0.260 e. The van der Waals surface area contributed by atoms with Gasteiger partial charge in [0.1, 0.15) is 11.5 Å². The number of hydrogen-bond donors (Lipinski definition) is 0. The van der Waals surface area contributed by atoms with Crippen molar-refractivity contribution in [1.82, 2.24) is 24.6 Å². The highest BCUT2D eigenvalue weighted by Crippen LogP contribution is 2.30. The van der Waals surface area contributed by atoms with Crippen LogP contribution in [0.4, 0.5) is 0 Å². The second-order valence-electron chi connectivity index (χ2n) is 10.0. The molecular weight excluding hydrogens is 550 g/mol. The van der Waals surface area contributed by atoms with Crippen LogP contribution in [-0.2, 0) is 9.59 Å². The molecule has 1 unspecified atom stereocenters. The van der Waals surface area contributed by atoms with Gasteiger partial charge in [0.15, 0.2) is 17.6 Å². The van der Waals surface area contributed by atoms with Gasteiger partial charge in [-0.15, -0.1) is 10.2 Å². The number of piperazine rings is 1. The normalized spacial score (nSPS) is 15.0. The monoisotopic (exact) mass is 585 g/mol. The largest absolute Gasteiger partial charge is 0.497 e. The minimum Gasteiger partial charge on any atom is -0.497 e. The lowest BCUT2D eigenvalue weighted by molar-refractivity contribution is -0.143. The van der Waals surface area contributed by atoms with Crippen molar-refractivity contribution in [3.05, 3.63) is 84.9 Å². The molecule has 3 aromatic carbocycles. The summed E-state index contributed by atoms with van der Waals surface area (Å²) in [5.74, 6) is 2.92. The van der Waals surface area contributed by atoms with Crippen molar-refractivity contribution in [3.8, 4) is 28.6 Å². The van der Waals surface area contributed by atoms with Gasteiger partial charge in [-0.2, -0.15) is 0 Å². The van der Waals surface area contributed by atoms with Crippen LogP contribution < -0.4 is 9.47 Å². The summed E-state index contributed by atoms with van der Waals surface area (Å²) < 4.78 is 13.1. The molecule has 10 heteroatoms. The van der Waals surface area contributed by atoms with Gasteiger partial charge in [-0.05, 0) is 49.7 Å². The van der Waals surface area contributed by atoms with E-state index >= 15 is 0 Å². The van der Waals surface area contributed by atoms with E-state index in [9.17, 15) is 9.59 Å². The SMILES string of the molecule is COc1cccc(-c2nnc(SCCCC(=O)N3CCN(C(=O)COc4ccccc4)C(C)C3)n2-c2ccccc2)c1. The predicted molar refractivity (Wildman–Crippen MR) is 163 cm³/mol. The van der Waals surface area contributed by atoms with E-state index in [1.165, 1.54) is 0 Å². The lowest BCUT2D eigenvalue weighted by atomic mass is 10.1. The Kier molecular flexibility index (Phi) is 9.76. The molecule has 0 bridgehead atoms. The standard InChI is InChI=1S/C32H35N5O4S/c1-24-22-35(18-19-36(24)30(39)23-41-27-14-7-4-8-15-27)29(38)17-10-20-42-32-34-33-31(25-11-9-16-28(21-25)40-2)37(32)26-12-5-3-6-13-26/h3-9,11-16,21,24H,10,17-20,22-23H2,1-2H3. The second kappa shape index (κ2) is 14.0. The molecule has 4 aromatic rings. The summed E-state index contributed by atoms with van der Waals surface area (Å²) in [6, 6.07) is 27.0. The van der Waals surface area contributed by atoms with E-state index in [-0.39, 0.29) is 24.5 Å². The average Bonchev–Trinajstić information content (AvgIpc) is 3.46.